The van der Waals surface area contributed by atoms with E-state index in [-0.39, 0.29) is 5.91 Å². The number of thiazole rings is 1. The molecule has 0 radical (unpaired) electrons. The largest absolute Gasteiger partial charge is 0.495 e. The molecule has 0 aliphatic heterocycles. The molecule has 122 valence electrons. The van der Waals surface area contributed by atoms with Crippen molar-refractivity contribution in [3.63, 3.8) is 0 Å². The van der Waals surface area contributed by atoms with E-state index in [2.05, 4.69) is 15.3 Å². The summed E-state index contributed by atoms with van der Waals surface area (Å²) in [5.41, 5.74) is 2.16. The molecular weight excluding hydrogens is 346 g/mol. The van der Waals surface area contributed by atoms with E-state index in [1.807, 2.05) is 19.1 Å². The number of ether oxygens (including phenoxy) is 1. The van der Waals surface area contributed by atoms with Crippen LogP contribution >= 0.6 is 22.9 Å². The third-order valence-corrected chi connectivity index (χ3v) is 4.82. The Morgan fingerprint density at radius 3 is 2.83 bits per heavy atom. The van der Waals surface area contributed by atoms with Crippen LogP contribution in [0.5, 0.6) is 5.75 Å². The van der Waals surface area contributed by atoms with Gasteiger partial charge in [0.1, 0.15) is 15.6 Å². The molecule has 0 bridgehead atoms. The number of pyridine rings is 1. The number of carbonyl (C=O) groups excluding carboxylic acids is 1. The molecule has 2 heterocycles. The maximum Gasteiger partial charge on any atom is 0.267 e. The van der Waals surface area contributed by atoms with E-state index in [0.29, 0.717) is 27.0 Å². The van der Waals surface area contributed by atoms with Crippen molar-refractivity contribution in [3.8, 4) is 16.3 Å². The first-order valence-electron chi connectivity index (χ1n) is 7.11. The van der Waals surface area contributed by atoms with Crippen LogP contribution in [0, 0.1) is 6.92 Å². The van der Waals surface area contributed by atoms with Gasteiger partial charge in [-0.25, -0.2) is 4.98 Å². The van der Waals surface area contributed by atoms with Gasteiger partial charge in [-0.2, -0.15) is 0 Å². The lowest BCUT2D eigenvalue weighted by molar-refractivity contribution is 0.103. The molecule has 5 nitrogen and oxygen atoms in total. The summed E-state index contributed by atoms with van der Waals surface area (Å²) < 4.78 is 5.10. The number of nitrogens with one attached hydrogen (secondary N) is 1. The predicted octanol–water partition coefficient (Wildman–Crippen LogP) is 4.43. The Kier molecular flexibility index (Phi) is 4.78. The Morgan fingerprint density at radius 1 is 1.33 bits per heavy atom. The fourth-order valence-corrected chi connectivity index (χ4v) is 3.36. The van der Waals surface area contributed by atoms with Gasteiger partial charge in [0, 0.05) is 23.6 Å². The Labute approximate surface area is 148 Å². The molecule has 0 spiro atoms. The van der Waals surface area contributed by atoms with Crippen molar-refractivity contribution in [3.05, 3.63) is 58.3 Å². The summed E-state index contributed by atoms with van der Waals surface area (Å²) in [5.74, 6) is 0.337. The lowest BCUT2D eigenvalue weighted by atomic mass is 10.3. The molecular formula is C17H14ClN3O2S. The van der Waals surface area contributed by atoms with Crippen LogP contribution in [0.3, 0.4) is 0 Å². The van der Waals surface area contributed by atoms with Gasteiger partial charge >= 0.3 is 0 Å². The van der Waals surface area contributed by atoms with Crippen molar-refractivity contribution < 1.29 is 9.53 Å². The Bertz CT molecular complexity index is 881. The van der Waals surface area contributed by atoms with Crippen LogP contribution in [0.25, 0.3) is 10.6 Å². The molecule has 7 heteroatoms. The molecule has 1 amide bonds. The summed E-state index contributed by atoms with van der Waals surface area (Å²) in [6, 6.07) is 8.84. The van der Waals surface area contributed by atoms with Crippen molar-refractivity contribution in [2.24, 2.45) is 0 Å². The lowest BCUT2D eigenvalue weighted by Crippen LogP contribution is -2.11. The smallest absolute Gasteiger partial charge is 0.267 e. The zero-order chi connectivity index (χ0) is 17.1. The first-order chi connectivity index (χ1) is 11.6. The molecule has 3 rings (SSSR count). The fourth-order valence-electron chi connectivity index (χ4n) is 2.15. The highest BCUT2D eigenvalue weighted by Crippen LogP contribution is 2.30. The molecule has 0 atom stereocenters. The highest BCUT2D eigenvalue weighted by Gasteiger charge is 2.17. The quantitative estimate of drug-likeness (QED) is 0.748. The van der Waals surface area contributed by atoms with Crippen molar-refractivity contribution in [1.82, 2.24) is 9.97 Å². The number of benzene rings is 1. The molecule has 3 aromatic rings. The van der Waals surface area contributed by atoms with Crippen molar-refractivity contribution >= 4 is 34.5 Å². The van der Waals surface area contributed by atoms with E-state index < -0.39 is 0 Å². The number of halogens is 1. The van der Waals surface area contributed by atoms with E-state index in [0.717, 1.165) is 10.6 Å². The zero-order valence-electron chi connectivity index (χ0n) is 13.0. The molecule has 1 N–H and O–H groups in total. The molecule has 0 saturated heterocycles. The molecule has 0 aliphatic carbocycles. The van der Waals surface area contributed by atoms with Crippen molar-refractivity contribution in [1.29, 1.82) is 0 Å². The van der Waals surface area contributed by atoms with Crippen LogP contribution in [0.2, 0.25) is 5.02 Å². The number of aryl methyl sites for hydroxylation is 1. The normalized spacial score (nSPS) is 10.5. The third kappa shape index (κ3) is 3.39. The summed E-state index contributed by atoms with van der Waals surface area (Å²) in [6.45, 7) is 1.81. The van der Waals surface area contributed by atoms with Crippen LogP contribution < -0.4 is 10.1 Å². The number of aromatic nitrogens is 2. The number of methoxy groups -OCH3 is 1. The van der Waals surface area contributed by atoms with Gasteiger partial charge in [-0.3, -0.25) is 9.78 Å². The van der Waals surface area contributed by atoms with Crippen molar-refractivity contribution in [2.45, 2.75) is 6.92 Å². The molecule has 24 heavy (non-hydrogen) atoms. The van der Waals surface area contributed by atoms with E-state index >= 15 is 0 Å². The molecule has 0 saturated carbocycles. The second-order valence-electron chi connectivity index (χ2n) is 4.98. The number of hydrogen-bond donors (Lipinski definition) is 1. The SMILES string of the molecule is COc1ccc(NC(=O)c2sc(-c3cccnc3)nc2C)cc1Cl. The van der Waals surface area contributed by atoms with Crippen LogP contribution in [0.15, 0.2) is 42.7 Å². The maximum absolute atomic E-state index is 12.5. The zero-order valence-corrected chi connectivity index (χ0v) is 14.6. The first-order valence-corrected chi connectivity index (χ1v) is 8.30. The average molecular weight is 360 g/mol. The van der Waals surface area contributed by atoms with Gasteiger partial charge in [-0.1, -0.05) is 11.6 Å². The lowest BCUT2D eigenvalue weighted by Gasteiger charge is -2.07. The van der Waals surface area contributed by atoms with Crippen LogP contribution in [-0.4, -0.2) is 23.0 Å². The summed E-state index contributed by atoms with van der Waals surface area (Å²) in [7, 11) is 1.54. The minimum Gasteiger partial charge on any atom is -0.495 e. The number of amides is 1. The topological polar surface area (TPSA) is 64.1 Å². The number of hydrogen-bond acceptors (Lipinski definition) is 5. The summed E-state index contributed by atoms with van der Waals surface area (Å²) in [4.78, 5) is 21.6. The highest BCUT2D eigenvalue weighted by molar-refractivity contribution is 7.17. The van der Waals surface area contributed by atoms with Gasteiger partial charge < -0.3 is 10.1 Å². The number of carbonyl (C=O) groups is 1. The number of anilines is 1. The third-order valence-electron chi connectivity index (χ3n) is 3.32. The molecule has 0 aliphatic rings. The molecule has 0 unspecified atom stereocenters. The summed E-state index contributed by atoms with van der Waals surface area (Å²) in [6.07, 6.45) is 3.42. The Balaban J connectivity index is 1.83. The van der Waals surface area contributed by atoms with Crippen LogP contribution in [0.4, 0.5) is 5.69 Å². The first kappa shape index (κ1) is 16.4. The van der Waals surface area contributed by atoms with E-state index in [1.165, 1.54) is 11.3 Å². The minimum absolute atomic E-state index is 0.221. The summed E-state index contributed by atoms with van der Waals surface area (Å²) >= 11 is 7.41. The van der Waals surface area contributed by atoms with Gasteiger partial charge in [0.25, 0.3) is 5.91 Å². The second kappa shape index (κ2) is 6.98. The summed E-state index contributed by atoms with van der Waals surface area (Å²) in [5, 5.41) is 4.03. The van der Waals surface area contributed by atoms with Gasteiger partial charge in [-0.15, -0.1) is 11.3 Å². The van der Waals surface area contributed by atoms with E-state index in [4.69, 9.17) is 16.3 Å². The Morgan fingerprint density at radius 2 is 2.17 bits per heavy atom. The van der Waals surface area contributed by atoms with E-state index in [1.54, 1.807) is 37.7 Å². The van der Waals surface area contributed by atoms with Gasteiger partial charge in [0.05, 0.1) is 17.8 Å². The molecule has 1 aromatic carbocycles. The average Bonchev–Trinajstić information content (AvgIpc) is 2.98. The van der Waals surface area contributed by atoms with Gasteiger partial charge in [0.2, 0.25) is 0 Å². The predicted molar refractivity (Wildman–Crippen MR) is 96.0 cm³/mol. The monoisotopic (exact) mass is 359 g/mol. The standard InChI is InChI=1S/C17H14ClN3O2S/c1-10-15(24-17(20-10)11-4-3-7-19-9-11)16(22)21-12-5-6-14(23-2)13(18)8-12/h3-9H,1-2H3,(H,21,22). The van der Waals surface area contributed by atoms with Crippen molar-refractivity contribution in [2.75, 3.05) is 12.4 Å². The fraction of sp³-hybridized carbons (Fsp3) is 0.118. The van der Waals surface area contributed by atoms with E-state index in [9.17, 15) is 4.79 Å². The van der Waals surface area contributed by atoms with Crippen LogP contribution in [0.1, 0.15) is 15.4 Å². The minimum atomic E-state index is -0.221. The van der Waals surface area contributed by atoms with Gasteiger partial charge in [0.15, 0.2) is 0 Å². The maximum atomic E-state index is 12.5. The number of rotatable bonds is 4. The van der Waals surface area contributed by atoms with Crippen LogP contribution in [-0.2, 0) is 0 Å². The molecule has 2 aromatic heterocycles. The Hall–Kier alpha value is -2.44. The second-order valence-corrected chi connectivity index (χ2v) is 6.38. The molecule has 0 fully saturated rings. The number of nitrogens with zero attached hydrogens (tertiary/aromatic N) is 2. The highest BCUT2D eigenvalue weighted by atomic mass is 35.5. The van der Waals surface area contributed by atoms with Gasteiger partial charge in [-0.05, 0) is 37.3 Å².